The van der Waals surface area contributed by atoms with E-state index in [1.54, 1.807) is 0 Å². The summed E-state index contributed by atoms with van der Waals surface area (Å²) in [5.74, 6) is -0.949. The van der Waals surface area contributed by atoms with Crippen molar-refractivity contribution in [2.75, 3.05) is 5.73 Å². The van der Waals surface area contributed by atoms with Crippen molar-refractivity contribution in [3.05, 3.63) is 24.0 Å². The van der Waals surface area contributed by atoms with Gasteiger partial charge in [0.2, 0.25) is 0 Å². The lowest BCUT2D eigenvalue weighted by molar-refractivity contribution is -0.131. The monoisotopic (exact) mass is 169 g/mol. The van der Waals surface area contributed by atoms with Gasteiger partial charge in [0.05, 0.1) is 5.69 Å². The molecule has 0 fully saturated rings. The highest BCUT2D eigenvalue weighted by Gasteiger charge is 2.03. The van der Waals surface area contributed by atoms with Gasteiger partial charge in [0.1, 0.15) is 5.82 Å². The lowest BCUT2D eigenvalue weighted by Crippen LogP contribution is -2.04. The maximum Gasteiger partial charge on any atom is 0.308 e. The summed E-state index contributed by atoms with van der Waals surface area (Å²) in [5.41, 5.74) is 5.64. The number of anilines is 1. The largest absolute Gasteiger partial charge is 0.424 e. The third-order valence-electron chi connectivity index (χ3n) is 1.23. The molecule has 1 aromatic rings. The highest BCUT2D eigenvalue weighted by Crippen LogP contribution is 2.21. The van der Waals surface area contributed by atoms with E-state index >= 15 is 0 Å². The van der Waals surface area contributed by atoms with Crippen molar-refractivity contribution < 1.29 is 13.9 Å². The lowest BCUT2D eigenvalue weighted by atomic mass is 10.3. The first-order valence-corrected chi connectivity index (χ1v) is 3.33. The minimum Gasteiger partial charge on any atom is -0.424 e. The van der Waals surface area contributed by atoms with E-state index in [1.165, 1.54) is 19.1 Å². The number of ether oxygens (including phenoxy) is 1. The first kappa shape index (κ1) is 8.52. The maximum atomic E-state index is 12.6. The van der Waals surface area contributed by atoms with Crippen LogP contribution in [0, 0.1) is 5.82 Å². The van der Waals surface area contributed by atoms with Crippen molar-refractivity contribution in [2.45, 2.75) is 6.92 Å². The molecular formula is C8H8FNO2. The highest BCUT2D eigenvalue weighted by atomic mass is 19.1. The summed E-state index contributed by atoms with van der Waals surface area (Å²) in [5, 5.41) is 0. The molecule has 1 rings (SSSR count). The SMILES string of the molecule is CC(=O)Oc1cc(F)ccc1N. The summed E-state index contributed by atoms with van der Waals surface area (Å²) in [6.07, 6.45) is 0. The van der Waals surface area contributed by atoms with Gasteiger partial charge in [0.15, 0.2) is 5.75 Å². The van der Waals surface area contributed by atoms with Crippen LogP contribution in [0.3, 0.4) is 0 Å². The highest BCUT2D eigenvalue weighted by molar-refractivity contribution is 5.71. The Hall–Kier alpha value is -1.58. The zero-order valence-corrected chi connectivity index (χ0v) is 6.50. The summed E-state index contributed by atoms with van der Waals surface area (Å²) < 4.78 is 17.2. The van der Waals surface area contributed by atoms with Crippen molar-refractivity contribution in [3.8, 4) is 5.75 Å². The molecular weight excluding hydrogens is 161 g/mol. The number of esters is 1. The Kier molecular flexibility index (Phi) is 2.28. The van der Waals surface area contributed by atoms with Gasteiger partial charge in [0, 0.05) is 13.0 Å². The van der Waals surface area contributed by atoms with Gasteiger partial charge in [0.25, 0.3) is 0 Å². The van der Waals surface area contributed by atoms with Crippen LogP contribution in [0.2, 0.25) is 0 Å². The first-order chi connectivity index (χ1) is 5.59. The zero-order chi connectivity index (χ0) is 9.14. The van der Waals surface area contributed by atoms with Gasteiger partial charge in [-0.2, -0.15) is 0 Å². The van der Waals surface area contributed by atoms with Gasteiger partial charge in [-0.25, -0.2) is 4.39 Å². The second-order valence-corrected chi connectivity index (χ2v) is 2.28. The average molecular weight is 169 g/mol. The van der Waals surface area contributed by atoms with Crippen molar-refractivity contribution >= 4 is 11.7 Å². The number of nitrogen functional groups attached to an aromatic ring is 1. The molecule has 0 amide bonds. The Morgan fingerprint density at radius 3 is 2.83 bits per heavy atom. The van der Waals surface area contributed by atoms with E-state index in [0.717, 1.165) is 6.07 Å². The van der Waals surface area contributed by atoms with E-state index in [1.807, 2.05) is 0 Å². The Balaban J connectivity index is 2.97. The molecule has 0 aliphatic heterocycles. The summed E-state index contributed by atoms with van der Waals surface area (Å²) in [6.45, 7) is 1.23. The zero-order valence-electron chi connectivity index (χ0n) is 6.50. The fourth-order valence-corrected chi connectivity index (χ4v) is 0.751. The van der Waals surface area contributed by atoms with E-state index in [2.05, 4.69) is 4.74 Å². The number of carbonyl (C=O) groups is 1. The Bertz CT molecular complexity index is 312. The van der Waals surface area contributed by atoms with Crippen LogP contribution < -0.4 is 10.5 Å². The number of hydrogen-bond acceptors (Lipinski definition) is 3. The van der Waals surface area contributed by atoms with E-state index in [-0.39, 0.29) is 11.4 Å². The van der Waals surface area contributed by atoms with E-state index < -0.39 is 11.8 Å². The Labute approximate surface area is 68.9 Å². The van der Waals surface area contributed by atoms with Crippen LogP contribution in [0.15, 0.2) is 18.2 Å². The third kappa shape index (κ3) is 1.95. The standard InChI is InChI=1S/C8H8FNO2/c1-5(11)12-8-4-6(9)2-3-7(8)10/h2-4H,10H2,1H3. The van der Waals surface area contributed by atoms with Gasteiger partial charge < -0.3 is 10.5 Å². The van der Waals surface area contributed by atoms with Crippen LogP contribution in [0.4, 0.5) is 10.1 Å². The molecule has 3 nitrogen and oxygen atoms in total. The minimum atomic E-state index is -0.521. The first-order valence-electron chi connectivity index (χ1n) is 3.33. The molecule has 0 spiro atoms. The number of hydrogen-bond donors (Lipinski definition) is 1. The maximum absolute atomic E-state index is 12.6. The molecule has 0 bridgehead atoms. The van der Waals surface area contributed by atoms with Crippen LogP contribution >= 0.6 is 0 Å². The van der Waals surface area contributed by atoms with E-state index in [9.17, 15) is 9.18 Å². The van der Waals surface area contributed by atoms with Crippen molar-refractivity contribution in [1.82, 2.24) is 0 Å². The predicted molar refractivity (Wildman–Crippen MR) is 42.1 cm³/mol. The molecule has 0 aromatic heterocycles. The number of benzene rings is 1. The van der Waals surface area contributed by atoms with E-state index in [4.69, 9.17) is 5.73 Å². The molecule has 1 aromatic carbocycles. The van der Waals surface area contributed by atoms with Crippen LogP contribution in [0.1, 0.15) is 6.92 Å². The molecule has 0 saturated heterocycles. The number of rotatable bonds is 1. The molecule has 12 heavy (non-hydrogen) atoms. The molecule has 64 valence electrons. The second-order valence-electron chi connectivity index (χ2n) is 2.28. The third-order valence-corrected chi connectivity index (χ3v) is 1.23. The second kappa shape index (κ2) is 3.21. The van der Waals surface area contributed by atoms with Gasteiger partial charge in [-0.3, -0.25) is 4.79 Å². The molecule has 0 atom stereocenters. The van der Waals surface area contributed by atoms with Gasteiger partial charge >= 0.3 is 5.97 Å². The Morgan fingerprint density at radius 1 is 1.58 bits per heavy atom. The summed E-state index contributed by atoms with van der Waals surface area (Å²) in [7, 11) is 0. The fraction of sp³-hybridized carbons (Fsp3) is 0.125. The number of nitrogens with two attached hydrogens (primary N) is 1. The van der Waals surface area contributed by atoms with Gasteiger partial charge in [-0.15, -0.1) is 0 Å². The smallest absolute Gasteiger partial charge is 0.308 e. The lowest BCUT2D eigenvalue weighted by Gasteiger charge is -2.03. The van der Waals surface area contributed by atoms with Crippen molar-refractivity contribution in [3.63, 3.8) is 0 Å². The van der Waals surface area contributed by atoms with Gasteiger partial charge in [-0.05, 0) is 12.1 Å². The molecule has 0 aliphatic rings. The molecule has 2 N–H and O–H groups in total. The Morgan fingerprint density at radius 2 is 2.25 bits per heavy atom. The molecule has 0 unspecified atom stereocenters. The number of carbonyl (C=O) groups excluding carboxylic acids is 1. The fourth-order valence-electron chi connectivity index (χ4n) is 0.751. The minimum absolute atomic E-state index is 0.0579. The molecule has 0 radical (unpaired) electrons. The quantitative estimate of drug-likeness (QED) is 0.392. The van der Waals surface area contributed by atoms with Crippen LogP contribution in [0.5, 0.6) is 5.75 Å². The molecule has 0 saturated carbocycles. The van der Waals surface area contributed by atoms with Crippen molar-refractivity contribution in [1.29, 1.82) is 0 Å². The van der Waals surface area contributed by atoms with Crippen LogP contribution in [-0.4, -0.2) is 5.97 Å². The molecule has 4 heteroatoms. The van der Waals surface area contributed by atoms with Crippen LogP contribution in [0.25, 0.3) is 0 Å². The summed E-state index contributed by atoms with van der Waals surface area (Å²) in [6, 6.07) is 3.60. The molecule has 0 heterocycles. The normalized spacial score (nSPS) is 9.50. The predicted octanol–water partition coefficient (Wildman–Crippen LogP) is 1.33. The molecule has 0 aliphatic carbocycles. The van der Waals surface area contributed by atoms with Gasteiger partial charge in [-0.1, -0.05) is 0 Å². The number of halogens is 1. The van der Waals surface area contributed by atoms with Crippen molar-refractivity contribution in [2.24, 2.45) is 0 Å². The average Bonchev–Trinajstić information content (AvgIpc) is 1.96. The summed E-state index contributed by atoms with van der Waals surface area (Å²) >= 11 is 0. The topological polar surface area (TPSA) is 52.3 Å². The van der Waals surface area contributed by atoms with Crippen LogP contribution in [-0.2, 0) is 4.79 Å². The summed E-state index contributed by atoms with van der Waals surface area (Å²) in [4.78, 5) is 10.5. The van der Waals surface area contributed by atoms with E-state index in [0.29, 0.717) is 0 Å².